The summed E-state index contributed by atoms with van der Waals surface area (Å²) in [5.41, 5.74) is 2.01. The van der Waals surface area contributed by atoms with Crippen LogP contribution in [0.3, 0.4) is 0 Å². The molecule has 0 unspecified atom stereocenters. The van der Waals surface area contributed by atoms with Crippen LogP contribution in [0.25, 0.3) is 0 Å². The Kier molecular flexibility index (Phi) is 16.8. The van der Waals surface area contributed by atoms with Crippen molar-refractivity contribution in [3.63, 3.8) is 0 Å². The number of phenols is 1. The van der Waals surface area contributed by atoms with Crippen LogP contribution in [0.15, 0.2) is 84.9 Å². The number of nitrogens with one attached hydrogen (secondary N) is 2. The Hall–Kier alpha value is -4.71. The molecular weight excluding hydrogens is 759 g/mol. The summed E-state index contributed by atoms with van der Waals surface area (Å²) in [6, 6.07) is 24.7. The second-order valence-electron chi connectivity index (χ2n) is 18.2. The summed E-state index contributed by atoms with van der Waals surface area (Å²) in [6.07, 6.45) is 1.96. The van der Waals surface area contributed by atoms with Gasteiger partial charge in [-0.25, -0.2) is 0 Å². The summed E-state index contributed by atoms with van der Waals surface area (Å²) in [5, 5.41) is 15.9. The highest BCUT2D eigenvalue weighted by molar-refractivity contribution is 5.98. The average molecular weight is 825 g/mol. The van der Waals surface area contributed by atoms with Gasteiger partial charge in [0.25, 0.3) is 0 Å². The number of amides is 2. The second-order valence-corrected chi connectivity index (χ2v) is 18.2. The largest absolute Gasteiger partial charge is 0.508 e. The molecule has 0 saturated carbocycles. The molecule has 3 N–H and O–H groups in total. The van der Waals surface area contributed by atoms with Gasteiger partial charge in [-0.2, -0.15) is 0 Å². The fraction of sp³-hybridized carbons (Fsp3) is 0.531. The first-order chi connectivity index (χ1) is 28.6. The summed E-state index contributed by atoms with van der Waals surface area (Å²) in [6.45, 7) is 13.2. The van der Waals surface area contributed by atoms with E-state index in [1.807, 2.05) is 100 Å². The molecule has 0 aliphatic carbocycles. The van der Waals surface area contributed by atoms with E-state index < -0.39 is 29.5 Å². The van der Waals surface area contributed by atoms with Crippen LogP contribution in [-0.2, 0) is 52.8 Å². The zero-order valence-electron chi connectivity index (χ0n) is 36.2. The number of aryl methyl sites for hydroxylation is 1. The van der Waals surface area contributed by atoms with Crippen LogP contribution in [0.5, 0.6) is 5.75 Å². The highest BCUT2D eigenvalue weighted by Crippen LogP contribution is 2.30. The van der Waals surface area contributed by atoms with Crippen LogP contribution in [0.1, 0.15) is 83.4 Å². The Bertz CT molecular complexity index is 1870. The van der Waals surface area contributed by atoms with Gasteiger partial charge in [-0.3, -0.25) is 24.0 Å². The van der Waals surface area contributed by atoms with Crippen molar-refractivity contribution < 1.29 is 43.0 Å². The highest BCUT2D eigenvalue weighted by atomic mass is 16.6. The molecule has 2 aliphatic rings. The lowest BCUT2D eigenvalue weighted by molar-refractivity contribution is -0.940. The summed E-state index contributed by atoms with van der Waals surface area (Å²) in [4.78, 5) is 70.6. The Morgan fingerprint density at radius 1 is 0.717 bits per heavy atom. The van der Waals surface area contributed by atoms with Gasteiger partial charge in [0.05, 0.1) is 31.9 Å². The van der Waals surface area contributed by atoms with Crippen molar-refractivity contribution in [3.05, 3.63) is 102 Å². The number of carbonyl (C=O) groups excluding carboxylic acids is 5. The van der Waals surface area contributed by atoms with Crippen LogP contribution in [0, 0.1) is 23.7 Å². The van der Waals surface area contributed by atoms with E-state index in [2.05, 4.69) is 10.6 Å². The van der Waals surface area contributed by atoms with E-state index in [4.69, 9.17) is 9.47 Å². The van der Waals surface area contributed by atoms with E-state index in [9.17, 15) is 29.1 Å². The van der Waals surface area contributed by atoms with Gasteiger partial charge >= 0.3 is 0 Å². The number of benzene rings is 3. The van der Waals surface area contributed by atoms with E-state index in [0.717, 1.165) is 16.7 Å². The maximum atomic E-state index is 14.4. The molecule has 0 spiro atoms. The Balaban J connectivity index is 1.34. The smallest absolute Gasteiger partial charge is 0.224 e. The lowest BCUT2D eigenvalue weighted by atomic mass is 9.87. The lowest BCUT2D eigenvalue weighted by Crippen LogP contribution is -2.57. The lowest BCUT2D eigenvalue weighted by Gasteiger charge is -2.41. The van der Waals surface area contributed by atoms with Crippen molar-refractivity contribution >= 4 is 29.2 Å². The number of ketones is 3. The molecule has 0 radical (unpaired) electrons. The van der Waals surface area contributed by atoms with Crippen molar-refractivity contribution in [2.24, 2.45) is 23.7 Å². The molecule has 11 nitrogen and oxygen atoms in total. The number of morpholine rings is 1. The molecule has 2 saturated heterocycles. The monoisotopic (exact) mass is 824 g/mol. The Morgan fingerprint density at radius 3 is 1.85 bits per heavy atom. The molecule has 11 heteroatoms. The Morgan fingerprint density at radius 2 is 1.27 bits per heavy atom. The van der Waals surface area contributed by atoms with Gasteiger partial charge in [-0.05, 0) is 86.3 Å². The molecular formula is C49H66N3O8+. The van der Waals surface area contributed by atoms with Gasteiger partial charge in [-0.1, -0.05) is 88.4 Å². The van der Waals surface area contributed by atoms with Crippen molar-refractivity contribution in [1.82, 2.24) is 10.6 Å². The molecule has 2 amide bonds. The molecule has 0 bridgehead atoms. The molecule has 324 valence electrons. The number of rotatable bonds is 24. The van der Waals surface area contributed by atoms with Crippen LogP contribution in [-0.4, -0.2) is 95.9 Å². The van der Waals surface area contributed by atoms with E-state index in [0.29, 0.717) is 69.6 Å². The molecule has 2 fully saturated rings. The first-order valence-corrected chi connectivity index (χ1v) is 21.8. The first kappa shape index (κ1) is 46.4. The molecule has 5 atom stereocenters. The topological polar surface area (TPSA) is 151 Å². The third-order valence-corrected chi connectivity index (χ3v) is 11.8. The summed E-state index contributed by atoms with van der Waals surface area (Å²) < 4.78 is 11.6. The fourth-order valence-corrected chi connectivity index (χ4v) is 8.30. The summed E-state index contributed by atoms with van der Waals surface area (Å²) >= 11 is 0. The maximum Gasteiger partial charge on any atom is 0.224 e. The Labute approximate surface area is 356 Å². The fourth-order valence-electron chi connectivity index (χ4n) is 8.30. The first-order valence-electron chi connectivity index (χ1n) is 21.8. The van der Waals surface area contributed by atoms with E-state index in [1.165, 1.54) is 0 Å². The minimum absolute atomic E-state index is 0.0185. The standard InChI is InChI=1S/C49H65N3O8/c1-34(2)26-43(45(55)30-40(28-37-14-10-7-11-15-37)48(58)51-44(27-35(3)4)46(56)49(5)33-60-49)50-47(57)39(19-16-36-12-8-6-9-13-36)29-42(54)32-52(22-24-59-25-23-52)31-38-17-20-41(53)21-18-38/h6-15,17-18,20-21,34-35,39-40,43-44H,16,19,22-33H2,1-5H3,(H2-,50,51,53,57,58)/p+1/t39-,40-,43+,44+,49-/m1/s1. The second kappa shape index (κ2) is 21.7. The van der Waals surface area contributed by atoms with Crippen molar-refractivity contribution in [3.8, 4) is 5.75 Å². The number of Topliss-reactive ketones (excluding diaryl/α,β-unsaturated/α-hetero) is 3. The van der Waals surface area contributed by atoms with Gasteiger partial charge in [0, 0.05) is 30.2 Å². The third-order valence-electron chi connectivity index (χ3n) is 11.8. The van der Waals surface area contributed by atoms with Gasteiger partial charge in [0.15, 0.2) is 17.3 Å². The maximum absolute atomic E-state index is 14.4. The van der Waals surface area contributed by atoms with Crippen molar-refractivity contribution in [2.45, 2.75) is 104 Å². The summed E-state index contributed by atoms with van der Waals surface area (Å²) in [7, 11) is 0. The number of carbonyl (C=O) groups is 5. The minimum atomic E-state index is -0.917. The zero-order chi connectivity index (χ0) is 43.3. The van der Waals surface area contributed by atoms with E-state index in [-0.39, 0.29) is 72.6 Å². The molecule has 60 heavy (non-hydrogen) atoms. The third kappa shape index (κ3) is 14.2. The number of phenolic OH excluding ortho intramolecular Hbond substituents is 1. The van der Waals surface area contributed by atoms with Crippen LogP contribution >= 0.6 is 0 Å². The molecule has 0 aromatic heterocycles. The molecule has 5 rings (SSSR count). The predicted octanol–water partition coefficient (Wildman–Crippen LogP) is 6.19. The van der Waals surface area contributed by atoms with E-state index in [1.54, 1.807) is 19.1 Å². The highest BCUT2D eigenvalue weighted by Gasteiger charge is 2.50. The van der Waals surface area contributed by atoms with E-state index >= 15 is 0 Å². The SMILES string of the molecule is CC(C)C[C@H](NC(=O)[C@H](CCc1ccccc1)CC(=O)C[N+]1(Cc2ccc(O)cc2)CCOCC1)C(=O)C[C@@H](Cc1ccccc1)C(=O)N[C@@H](CC(C)C)C(=O)[C@@]1(C)CO1. The number of quaternary nitrogens is 1. The van der Waals surface area contributed by atoms with Crippen molar-refractivity contribution in [2.75, 3.05) is 39.5 Å². The molecule has 3 aromatic rings. The molecule has 2 heterocycles. The van der Waals surface area contributed by atoms with Gasteiger partial charge in [-0.15, -0.1) is 0 Å². The normalized spacial score (nSPS) is 19.2. The van der Waals surface area contributed by atoms with Crippen LogP contribution in [0.2, 0.25) is 0 Å². The van der Waals surface area contributed by atoms with Gasteiger partial charge < -0.3 is 29.7 Å². The van der Waals surface area contributed by atoms with Crippen molar-refractivity contribution in [1.29, 1.82) is 0 Å². The van der Waals surface area contributed by atoms with Crippen LogP contribution in [0.4, 0.5) is 0 Å². The van der Waals surface area contributed by atoms with Gasteiger partial charge in [0.2, 0.25) is 11.8 Å². The molecule has 2 aliphatic heterocycles. The number of nitrogens with zero attached hydrogens (tertiary/aromatic N) is 1. The number of aromatic hydroxyl groups is 1. The number of hydrogen-bond donors (Lipinski definition) is 3. The zero-order valence-corrected chi connectivity index (χ0v) is 36.2. The minimum Gasteiger partial charge on any atom is -0.508 e. The molecule has 3 aromatic carbocycles. The summed E-state index contributed by atoms with van der Waals surface area (Å²) in [5.74, 6) is -2.34. The number of epoxide rings is 1. The number of hydrogen-bond acceptors (Lipinski definition) is 8. The predicted molar refractivity (Wildman–Crippen MR) is 231 cm³/mol. The number of ether oxygens (including phenoxy) is 2. The quantitative estimate of drug-likeness (QED) is 0.0716. The van der Waals surface area contributed by atoms with Crippen LogP contribution < -0.4 is 10.6 Å². The van der Waals surface area contributed by atoms with Gasteiger partial charge in [0.1, 0.15) is 37.5 Å². The average Bonchev–Trinajstić information content (AvgIpc) is 3.97.